The first kappa shape index (κ1) is 15.4. The van der Waals surface area contributed by atoms with Crippen LogP contribution in [0.2, 0.25) is 0 Å². The Morgan fingerprint density at radius 1 is 1.50 bits per heavy atom. The molecule has 0 aromatic carbocycles. The van der Waals surface area contributed by atoms with E-state index in [-0.39, 0.29) is 11.4 Å². The fourth-order valence-corrected chi connectivity index (χ4v) is 3.51. The van der Waals surface area contributed by atoms with Crippen LogP contribution in [0.25, 0.3) is 0 Å². The number of hydrogen-bond donors (Lipinski definition) is 2. The van der Waals surface area contributed by atoms with E-state index in [1.54, 1.807) is 0 Å². The molecule has 2 heterocycles. The molecule has 5 nitrogen and oxygen atoms in total. The SMILES string of the molecule is Cc1sc(C(=O)NN)cc1CN1CCN(C)C(C)(C)C1. The molecule has 0 unspecified atom stereocenters. The van der Waals surface area contributed by atoms with Crippen molar-refractivity contribution in [2.75, 3.05) is 26.7 Å². The molecule has 0 atom stereocenters. The van der Waals surface area contributed by atoms with Crippen LogP contribution in [0, 0.1) is 6.92 Å². The Labute approximate surface area is 124 Å². The van der Waals surface area contributed by atoms with Crippen molar-refractivity contribution in [1.82, 2.24) is 15.2 Å². The van der Waals surface area contributed by atoms with Crippen LogP contribution in [-0.2, 0) is 6.54 Å². The predicted molar refractivity (Wildman–Crippen MR) is 82.7 cm³/mol. The minimum atomic E-state index is -0.206. The summed E-state index contributed by atoms with van der Waals surface area (Å²) < 4.78 is 0. The molecule has 1 saturated heterocycles. The summed E-state index contributed by atoms with van der Waals surface area (Å²) in [6.07, 6.45) is 0. The molecular formula is C14H24N4OS. The highest BCUT2D eigenvalue weighted by molar-refractivity contribution is 7.14. The molecule has 1 aromatic rings. The molecule has 3 N–H and O–H groups in total. The van der Waals surface area contributed by atoms with Crippen molar-refractivity contribution in [2.45, 2.75) is 32.9 Å². The molecule has 20 heavy (non-hydrogen) atoms. The van der Waals surface area contributed by atoms with E-state index in [2.05, 4.69) is 43.0 Å². The topological polar surface area (TPSA) is 61.6 Å². The average molecular weight is 296 g/mol. The Hall–Kier alpha value is -0.950. The van der Waals surface area contributed by atoms with Gasteiger partial charge in [0.05, 0.1) is 4.88 Å². The number of carbonyl (C=O) groups excluding carboxylic acids is 1. The third kappa shape index (κ3) is 3.20. The number of thiophene rings is 1. The monoisotopic (exact) mass is 296 g/mol. The number of piperazine rings is 1. The Bertz CT molecular complexity index is 497. The highest BCUT2D eigenvalue weighted by Crippen LogP contribution is 2.25. The number of rotatable bonds is 3. The summed E-state index contributed by atoms with van der Waals surface area (Å²) in [4.78, 5) is 18.3. The molecule has 1 aromatic heterocycles. The molecule has 1 aliphatic heterocycles. The molecular weight excluding hydrogens is 272 g/mol. The summed E-state index contributed by atoms with van der Waals surface area (Å²) in [5, 5.41) is 0. The lowest BCUT2D eigenvalue weighted by atomic mass is 9.99. The molecule has 1 amide bonds. The molecule has 0 saturated carbocycles. The Balaban J connectivity index is 2.07. The van der Waals surface area contributed by atoms with Crippen LogP contribution in [-0.4, -0.2) is 47.9 Å². The molecule has 0 aliphatic carbocycles. The van der Waals surface area contributed by atoms with Gasteiger partial charge in [-0.1, -0.05) is 0 Å². The summed E-state index contributed by atoms with van der Waals surface area (Å²) >= 11 is 1.51. The van der Waals surface area contributed by atoms with Crippen molar-refractivity contribution in [3.63, 3.8) is 0 Å². The van der Waals surface area contributed by atoms with Crippen molar-refractivity contribution < 1.29 is 4.79 Å². The lowest BCUT2D eigenvalue weighted by Gasteiger charge is -2.45. The van der Waals surface area contributed by atoms with Crippen molar-refractivity contribution in [3.8, 4) is 0 Å². The van der Waals surface area contributed by atoms with Gasteiger partial charge in [0.1, 0.15) is 0 Å². The molecule has 112 valence electrons. The quantitative estimate of drug-likeness (QED) is 0.500. The Morgan fingerprint density at radius 3 is 2.80 bits per heavy atom. The third-order valence-corrected chi connectivity index (χ3v) is 5.26. The van der Waals surface area contributed by atoms with Crippen LogP contribution in [0.15, 0.2) is 6.07 Å². The van der Waals surface area contributed by atoms with E-state index in [0.29, 0.717) is 4.88 Å². The van der Waals surface area contributed by atoms with Gasteiger partial charge in [0.2, 0.25) is 0 Å². The van der Waals surface area contributed by atoms with E-state index in [4.69, 9.17) is 5.84 Å². The van der Waals surface area contributed by atoms with E-state index < -0.39 is 0 Å². The highest BCUT2D eigenvalue weighted by atomic mass is 32.1. The Kier molecular flexibility index (Phi) is 4.49. The smallest absolute Gasteiger partial charge is 0.275 e. The lowest BCUT2D eigenvalue weighted by Crippen LogP contribution is -2.57. The van der Waals surface area contributed by atoms with Crippen LogP contribution >= 0.6 is 11.3 Å². The summed E-state index contributed by atoms with van der Waals surface area (Å²) in [5.74, 6) is 4.98. The second kappa shape index (κ2) is 5.81. The number of aryl methyl sites for hydroxylation is 1. The van der Waals surface area contributed by atoms with Crippen molar-refractivity contribution in [2.24, 2.45) is 5.84 Å². The predicted octanol–water partition coefficient (Wildman–Crippen LogP) is 1.19. The summed E-state index contributed by atoms with van der Waals surface area (Å²) in [6.45, 7) is 10.7. The number of nitrogens with zero attached hydrogens (tertiary/aromatic N) is 2. The largest absolute Gasteiger partial charge is 0.299 e. The van der Waals surface area contributed by atoms with Crippen LogP contribution in [0.1, 0.15) is 34.0 Å². The molecule has 0 radical (unpaired) electrons. The van der Waals surface area contributed by atoms with Crippen molar-refractivity contribution in [3.05, 3.63) is 21.4 Å². The number of carbonyl (C=O) groups is 1. The fourth-order valence-electron chi connectivity index (χ4n) is 2.58. The molecule has 1 fully saturated rings. The minimum Gasteiger partial charge on any atom is -0.299 e. The van der Waals surface area contributed by atoms with E-state index in [1.807, 2.05) is 6.07 Å². The number of amides is 1. The lowest BCUT2D eigenvalue weighted by molar-refractivity contribution is 0.0360. The summed E-state index contributed by atoms with van der Waals surface area (Å²) in [5.41, 5.74) is 3.62. The first-order valence-corrected chi connectivity index (χ1v) is 7.69. The number of hydrogen-bond acceptors (Lipinski definition) is 5. The van der Waals surface area contributed by atoms with Gasteiger partial charge in [0.15, 0.2) is 0 Å². The maximum absolute atomic E-state index is 11.6. The van der Waals surface area contributed by atoms with Gasteiger partial charge in [-0.3, -0.25) is 20.0 Å². The zero-order valence-corrected chi connectivity index (χ0v) is 13.5. The second-order valence-corrected chi connectivity index (χ2v) is 7.37. The first-order chi connectivity index (χ1) is 9.33. The maximum Gasteiger partial charge on any atom is 0.275 e. The number of nitrogens with one attached hydrogen (secondary N) is 1. The van der Waals surface area contributed by atoms with E-state index in [0.717, 1.165) is 26.2 Å². The van der Waals surface area contributed by atoms with Gasteiger partial charge in [0, 0.05) is 36.6 Å². The second-order valence-electron chi connectivity index (χ2n) is 6.11. The third-order valence-electron chi connectivity index (χ3n) is 4.16. The van der Waals surface area contributed by atoms with Crippen LogP contribution in [0.4, 0.5) is 0 Å². The van der Waals surface area contributed by atoms with Gasteiger partial charge in [-0.25, -0.2) is 5.84 Å². The highest BCUT2D eigenvalue weighted by Gasteiger charge is 2.31. The van der Waals surface area contributed by atoms with Gasteiger partial charge in [0.25, 0.3) is 5.91 Å². The minimum absolute atomic E-state index is 0.194. The fraction of sp³-hybridized carbons (Fsp3) is 0.643. The molecule has 2 rings (SSSR count). The number of likely N-dealkylation sites (N-methyl/N-ethyl adjacent to an activating group) is 1. The molecule has 0 spiro atoms. The van der Waals surface area contributed by atoms with Crippen LogP contribution in [0.5, 0.6) is 0 Å². The maximum atomic E-state index is 11.6. The molecule has 1 aliphatic rings. The van der Waals surface area contributed by atoms with Gasteiger partial charge in [-0.05, 0) is 39.4 Å². The standard InChI is InChI=1S/C14H24N4OS/c1-10-11(7-12(20-10)13(19)16-15)8-18-6-5-17(4)14(2,3)9-18/h7H,5-6,8-9,15H2,1-4H3,(H,16,19). The van der Waals surface area contributed by atoms with Gasteiger partial charge < -0.3 is 0 Å². The van der Waals surface area contributed by atoms with E-state index in [9.17, 15) is 4.79 Å². The summed E-state index contributed by atoms with van der Waals surface area (Å²) in [6, 6.07) is 1.97. The average Bonchev–Trinajstić information content (AvgIpc) is 2.74. The Morgan fingerprint density at radius 2 is 2.20 bits per heavy atom. The summed E-state index contributed by atoms with van der Waals surface area (Å²) in [7, 11) is 2.18. The normalized spacial score (nSPS) is 20.1. The zero-order chi connectivity index (χ0) is 14.9. The number of hydrazine groups is 1. The van der Waals surface area contributed by atoms with Gasteiger partial charge in [-0.15, -0.1) is 11.3 Å². The van der Waals surface area contributed by atoms with E-state index in [1.165, 1.54) is 21.8 Å². The molecule has 0 bridgehead atoms. The van der Waals surface area contributed by atoms with E-state index >= 15 is 0 Å². The first-order valence-electron chi connectivity index (χ1n) is 6.87. The van der Waals surface area contributed by atoms with Crippen LogP contribution in [0.3, 0.4) is 0 Å². The number of nitrogen functional groups attached to an aromatic ring is 1. The molecule has 6 heteroatoms. The zero-order valence-electron chi connectivity index (χ0n) is 12.7. The van der Waals surface area contributed by atoms with Crippen LogP contribution < -0.4 is 11.3 Å². The van der Waals surface area contributed by atoms with Crippen molar-refractivity contribution in [1.29, 1.82) is 0 Å². The number of nitrogens with two attached hydrogens (primary N) is 1. The van der Waals surface area contributed by atoms with Gasteiger partial charge >= 0.3 is 0 Å². The van der Waals surface area contributed by atoms with Gasteiger partial charge in [-0.2, -0.15) is 0 Å². The van der Waals surface area contributed by atoms with Crippen molar-refractivity contribution >= 4 is 17.2 Å².